The molecule has 1 saturated heterocycles. The number of hydrogen-bond donors (Lipinski definition) is 1. The summed E-state index contributed by atoms with van der Waals surface area (Å²) in [5.41, 5.74) is -0.184. The highest BCUT2D eigenvalue weighted by molar-refractivity contribution is 5.95. The van der Waals surface area contributed by atoms with Crippen molar-refractivity contribution in [2.45, 2.75) is 84.2 Å². The fourth-order valence-electron chi connectivity index (χ4n) is 3.06. The smallest absolute Gasteiger partial charge is 0.303 e. The predicted molar refractivity (Wildman–Crippen MR) is 90.9 cm³/mol. The van der Waals surface area contributed by atoms with Crippen molar-refractivity contribution in [3.63, 3.8) is 0 Å². The molecule has 1 aliphatic heterocycles. The maximum absolute atomic E-state index is 12.8. The largest absolute Gasteiger partial charge is 0.455 e. The summed E-state index contributed by atoms with van der Waals surface area (Å²) in [5.74, 6) is -2.45. The number of carbonyl (C=O) groups excluding carboxylic acids is 3. The van der Waals surface area contributed by atoms with Crippen molar-refractivity contribution in [2.75, 3.05) is 0 Å². The number of fused-ring (bicyclic) bond motifs is 1. The molecule has 1 amide bonds. The summed E-state index contributed by atoms with van der Waals surface area (Å²) in [6, 6.07) is 0. The van der Waals surface area contributed by atoms with Gasteiger partial charge < -0.3 is 24.3 Å². The first kappa shape index (κ1) is 20.4. The van der Waals surface area contributed by atoms with E-state index in [-0.39, 0.29) is 11.5 Å². The van der Waals surface area contributed by atoms with Gasteiger partial charge in [0.05, 0.1) is 0 Å². The average Bonchev–Trinajstić information content (AvgIpc) is 2.73. The molecule has 0 aromatic carbocycles. The summed E-state index contributed by atoms with van der Waals surface area (Å²) < 4.78 is 22.4. The number of carbonyl (C=O) groups is 3. The number of esters is 2. The van der Waals surface area contributed by atoms with E-state index >= 15 is 0 Å². The second kappa shape index (κ2) is 7.00. The standard InChI is InChI=1S/C18H27NO7/c1-9(20)23-12-8-11(16(22)19-17(3,4)5)13-15(14(12)24-10(2)21)26-18(6,7)25-13/h8,12-15H,1-7H3,(H,19,22)/t12-,13+,14+,15+/m0/s1. The third kappa shape index (κ3) is 4.82. The minimum Gasteiger partial charge on any atom is -0.455 e. The van der Waals surface area contributed by atoms with E-state index in [2.05, 4.69) is 5.32 Å². The summed E-state index contributed by atoms with van der Waals surface area (Å²) in [7, 11) is 0. The van der Waals surface area contributed by atoms with Crippen molar-refractivity contribution >= 4 is 17.8 Å². The Hall–Kier alpha value is -1.93. The van der Waals surface area contributed by atoms with Crippen LogP contribution in [-0.4, -0.2) is 53.6 Å². The molecule has 1 aliphatic carbocycles. The second-order valence-corrected chi connectivity index (χ2v) is 7.99. The average molecular weight is 369 g/mol. The molecule has 2 rings (SSSR count). The highest BCUT2D eigenvalue weighted by Gasteiger charge is 2.55. The van der Waals surface area contributed by atoms with Gasteiger partial charge in [0.2, 0.25) is 5.91 Å². The van der Waals surface area contributed by atoms with E-state index in [9.17, 15) is 14.4 Å². The molecule has 1 N–H and O–H groups in total. The first-order valence-corrected chi connectivity index (χ1v) is 8.53. The fraction of sp³-hybridized carbons (Fsp3) is 0.722. The number of nitrogens with one attached hydrogen (secondary N) is 1. The first-order chi connectivity index (χ1) is 11.8. The molecule has 0 aromatic rings. The van der Waals surface area contributed by atoms with E-state index < -0.39 is 47.7 Å². The van der Waals surface area contributed by atoms with E-state index in [1.807, 2.05) is 20.8 Å². The lowest BCUT2D eigenvalue weighted by Gasteiger charge is -2.36. The lowest BCUT2D eigenvalue weighted by atomic mass is 9.88. The maximum atomic E-state index is 12.8. The SMILES string of the molecule is CC(=O)O[C@H]1[C@@H]2OC(C)(C)O[C@@H]2C(C(=O)NC(C)(C)C)=C[C@@H]1OC(C)=O. The van der Waals surface area contributed by atoms with Crippen LogP contribution in [0.4, 0.5) is 0 Å². The van der Waals surface area contributed by atoms with Gasteiger partial charge in [0, 0.05) is 25.0 Å². The molecule has 8 nitrogen and oxygen atoms in total. The molecule has 2 aliphatic rings. The third-order valence-corrected chi connectivity index (χ3v) is 3.78. The van der Waals surface area contributed by atoms with Gasteiger partial charge in [-0.3, -0.25) is 14.4 Å². The Labute approximate surface area is 153 Å². The molecule has 1 heterocycles. The van der Waals surface area contributed by atoms with Gasteiger partial charge in [0.15, 0.2) is 18.0 Å². The van der Waals surface area contributed by atoms with Crippen LogP contribution in [-0.2, 0) is 33.3 Å². The molecule has 0 unspecified atom stereocenters. The molecule has 4 atom stereocenters. The van der Waals surface area contributed by atoms with Gasteiger partial charge in [0.1, 0.15) is 12.2 Å². The van der Waals surface area contributed by atoms with Crippen LogP contribution in [0.3, 0.4) is 0 Å². The number of ether oxygens (including phenoxy) is 4. The topological polar surface area (TPSA) is 100 Å². The monoisotopic (exact) mass is 369 g/mol. The Kier molecular flexibility index (Phi) is 5.49. The molecular formula is C18H27NO7. The number of rotatable bonds is 3. The Morgan fingerprint density at radius 3 is 2.15 bits per heavy atom. The minimum absolute atomic E-state index is 0.283. The van der Waals surface area contributed by atoms with Crippen molar-refractivity contribution in [1.29, 1.82) is 0 Å². The van der Waals surface area contributed by atoms with Crippen LogP contribution >= 0.6 is 0 Å². The van der Waals surface area contributed by atoms with Crippen LogP contribution < -0.4 is 5.32 Å². The zero-order chi connectivity index (χ0) is 19.9. The van der Waals surface area contributed by atoms with Crippen molar-refractivity contribution in [1.82, 2.24) is 5.32 Å². The van der Waals surface area contributed by atoms with Gasteiger partial charge in [0.25, 0.3) is 0 Å². The second-order valence-electron chi connectivity index (χ2n) is 7.99. The van der Waals surface area contributed by atoms with Crippen LogP contribution in [0.25, 0.3) is 0 Å². The maximum Gasteiger partial charge on any atom is 0.303 e. The van der Waals surface area contributed by atoms with E-state index in [0.29, 0.717) is 0 Å². The van der Waals surface area contributed by atoms with Gasteiger partial charge in [-0.15, -0.1) is 0 Å². The molecular weight excluding hydrogens is 342 g/mol. The van der Waals surface area contributed by atoms with E-state index in [4.69, 9.17) is 18.9 Å². The van der Waals surface area contributed by atoms with Gasteiger partial charge in [-0.05, 0) is 40.7 Å². The van der Waals surface area contributed by atoms with E-state index in [1.54, 1.807) is 13.8 Å². The minimum atomic E-state index is -0.986. The number of amides is 1. The molecule has 8 heteroatoms. The van der Waals surface area contributed by atoms with Crippen molar-refractivity contribution < 1.29 is 33.3 Å². The van der Waals surface area contributed by atoms with Crippen LogP contribution in [0.2, 0.25) is 0 Å². The Morgan fingerprint density at radius 1 is 1.08 bits per heavy atom. The Bertz CT molecular complexity index is 632. The normalized spacial score (nSPS) is 30.0. The molecule has 0 saturated carbocycles. The molecule has 0 bridgehead atoms. The summed E-state index contributed by atoms with van der Waals surface area (Å²) in [6.07, 6.45) is -1.90. The summed E-state index contributed by atoms with van der Waals surface area (Å²) in [6.45, 7) is 11.5. The summed E-state index contributed by atoms with van der Waals surface area (Å²) in [5, 5.41) is 2.87. The Balaban J connectivity index is 2.44. The Morgan fingerprint density at radius 2 is 1.65 bits per heavy atom. The van der Waals surface area contributed by atoms with Crippen molar-refractivity contribution in [2.24, 2.45) is 0 Å². The van der Waals surface area contributed by atoms with Gasteiger partial charge >= 0.3 is 11.9 Å². The lowest BCUT2D eigenvalue weighted by molar-refractivity contribution is -0.184. The lowest BCUT2D eigenvalue weighted by Crippen LogP contribution is -2.54. The third-order valence-electron chi connectivity index (χ3n) is 3.78. The molecule has 1 fully saturated rings. The summed E-state index contributed by atoms with van der Waals surface area (Å²) >= 11 is 0. The van der Waals surface area contributed by atoms with Crippen molar-refractivity contribution in [3.8, 4) is 0 Å². The van der Waals surface area contributed by atoms with E-state index in [1.165, 1.54) is 19.9 Å². The van der Waals surface area contributed by atoms with Crippen LogP contribution in [0.1, 0.15) is 48.5 Å². The molecule has 0 radical (unpaired) electrons. The van der Waals surface area contributed by atoms with Gasteiger partial charge in [-0.1, -0.05) is 0 Å². The van der Waals surface area contributed by atoms with Crippen molar-refractivity contribution in [3.05, 3.63) is 11.6 Å². The zero-order valence-corrected chi connectivity index (χ0v) is 16.2. The highest BCUT2D eigenvalue weighted by atomic mass is 16.8. The molecule has 26 heavy (non-hydrogen) atoms. The molecule has 0 spiro atoms. The first-order valence-electron chi connectivity index (χ1n) is 8.53. The van der Waals surface area contributed by atoms with Crippen LogP contribution in [0, 0.1) is 0 Å². The molecule has 0 aromatic heterocycles. The zero-order valence-electron chi connectivity index (χ0n) is 16.2. The molecule has 146 valence electrons. The number of hydrogen-bond acceptors (Lipinski definition) is 7. The van der Waals surface area contributed by atoms with E-state index in [0.717, 1.165) is 0 Å². The van der Waals surface area contributed by atoms with Crippen LogP contribution in [0.15, 0.2) is 11.6 Å². The predicted octanol–water partition coefficient (Wildman–Crippen LogP) is 1.22. The summed E-state index contributed by atoms with van der Waals surface area (Å²) in [4.78, 5) is 35.8. The quantitative estimate of drug-likeness (QED) is 0.747. The van der Waals surface area contributed by atoms with Crippen LogP contribution in [0.5, 0.6) is 0 Å². The fourth-order valence-corrected chi connectivity index (χ4v) is 3.06. The van der Waals surface area contributed by atoms with Gasteiger partial charge in [-0.25, -0.2) is 0 Å². The highest BCUT2D eigenvalue weighted by Crippen LogP contribution is 2.39. The van der Waals surface area contributed by atoms with Gasteiger partial charge in [-0.2, -0.15) is 0 Å².